The molecule has 1 aromatic heterocycles. The third kappa shape index (κ3) is 12.4. The molecule has 0 saturated heterocycles. The van der Waals surface area contributed by atoms with E-state index in [0.717, 1.165) is 18.6 Å². The van der Waals surface area contributed by atoms with Crippen molar-refractivity contribution in [3.8, 4) is 5.88 Å². The van der Waals surface area contributed by atoms with Gasteiger partial charge in [0, 0.05) is 12.5 Å². The van der Waals surface area contributed by atoms with Crippen molar-refractivity contribution in [1.82, 2.24) is 5.16 Å². The van der Waals surface area contributed by atoms with Crippen LogP contribution in [0.1, 0.15) is 115 Å². The molecule has 1 rings (SSSR count). The fraction of sp³-hybridized carbons (Fsp3) is 0.857. The molecule has 0 aliphatic heterocycles. The zero-order valence-electron chi connectivity index (χ0n) is 15.9. The SMILES string of the molecule is CCCCCCCCCCCCCCCCCCc1cc(O)no1. The molecule has 0 fully saturated rings. The maximum Gasteiger partial charge on any atom is 0.251 e. The van der Waals surface area contributed by atoms with Crippen molar-refractivity contribution in [3.05, 3.63) is 11.8 Å². The highest BCUT2D eigenvalue weighted by atomic mass is 16.5. The zero-order chi connectivity index (χ0) is 17.3. The van der Waals surface area contributed by atoms with Crippen molar-refractivity contribution in [3.63, 3.8) is 0 Å². The lowest BCUT2D eigenvalue weighted by Gasteiger charge is -2.03. The highest BCUT2D eigenvalue weighted by molar-refractivity contribution is 5.08. The van der Waals surface area contributed by atoms with Gasteiger partial charge in [0.2, 0.25) is 0 Å². The molecular formula is C21H39NO2. The van der Waals surface area contributed by atoms with E-state index >= 15 is 0 Å². The molecule has 0 atom stereocenters. The molecule has 0 unspecified atom stereocenters. The lowest BCUT2D eigenvalue weighted by Crippen LogP contribution is -1.85. The molecule has 0 saturated carbocycles. The normalized spacial score (nSPS) is 11.2. The van der Waals surface area contributed by atoms with Gasteiger partial charge in [-0.2, -0.15) is 0 Å². The summed E-state index contributed by atoms with van der Waals surface area (Å²) in [6, 6.07) is 1.62. The van der Waals surface area contributed by atoms with Gasteiger partial charge in [-0.05, 0) is 11.6 Å². The van der Waals surface area contributed by atoms with E-state index in [0.29, 0.717) is 0 Å². The molecule has 0 aliphatic rings. The fourth-order valence-corrected chi connectivity index (χ4v) is 3.27. The van der Waals surface area contributed by atoms with Crippen LogP contribution in [-0.2, 0) is 6.42 Å². The number of unbranched alkanes of at least 4 members (excludes halogenated alkanes) is 15. The summed E-state index contributed by atoms with van der Waals surface area (Å²) in [5.41, 5.74) is 0. The van der Waals surface area contributed by atoms with E-state index in [1.807, 2.05) is 0 Å². The second-order valence-corrected chi connectivity index (χ2v) is 7.20. The van der Waals surface area contributed by atoms with Crippen LogP contribution >= 0.6 is 0 Å². The van der Waals surface area contributed by atoms with Gasteiger partial charge in [-0.1, -0.05) is 103 Å². The van der Waals surface area contributed by atoms with Crippen molar-refractivity contribution < 1.29 is 9.63 Å². The quantitative estimate of drug-likeness (QED) is 0.306. The summed E-state index contributed by atoms with van der Waals surface area (Å²) in [7, 11) is 0. The lowest BCUT2D eigenvalue weighted by atomic mass is 10.0. The zero-order valence-corrected chi connectivity index (χ0v) is 15.9. The van der Waals surface area contributed by atoms with Crippen molar-refractivity contribution in [2.45, 2.75) is 116 Å². The summed E-state index contributed by atoms with van der Waals surface area (Å²) in [5, 5.41) is 12.6. The third-order valence-electron chi connectivity index (χ3n) is 4.82. The first-order valence-corrected chi connectivity index (χ1v) is 10.5. The maximum atomic E-state index is 9.08. The molecule has 3 nitrogen and oxygen atoms in total. The van der Waals surface area contributed by atoms with Crippen molar-refractivity contribution in [1.29, 1.82) is 0 Å². The largest absolute Gasteiger partial charge is 0.491 e. The molecule has 0 amide bonds. The number of hydrogen-bond donors (Lipinski definition) is 1. The number of aryl methyl sites for hydroxylation is 1. The van der Waals surface area contributed by atoms with Crippen molar-refractivity contribution >= 4 is 0 Å². The Hall–Kier alpha value is -0.990. The monoisotopic (exact) mass is 337 g/mol. The van der Waals surface area contributed by atoms with Crippen LogP contribution in [-0.4, -0.2) is 10.3 Å². The number of hydrogen-bond acceptors (Lipinski definition) is 3. The molecular weight excluding hydrogens is 298 g/mol. The van der Waals surface area contributed by atoms with Gasteiger partial charge in [-0.15, -0.1) is 0 Å². The molecule has 0 spiro atoms. The molecule has 1 N–H and O–H groups in total. The van der Waals surface area contributed by atoms with Gasteiger partial charge < -0.3 is 9.63 Å². The summed E-state index contributed by atoms with van der Waals surface area (Å²) in [6.45, 7) is 2.28. The lowest BCUT2D eigenvalue weighted by molar-refractivity contribution is 0.339. The van der Waals surface area contributed by atoms with Gasteiger partial charge in [0.1, 0.15) is 5.76 Å². The Morgan fingerprint density at radius 3 is 1.50 bits per heavy atom. The Balaban J connectivity index is 1.70. The Morgan fingerprint density at radius 2 is 1.12 bits per heavy atom. The van der Waals surface area contributed by atoms with Gasteiger partial charge >= 0.3 is 0 Å². The molecule has 0 aromatic carbocycles. The molecule has 0 radical (unpaired) electrons. The van der Waals surface area contributed by atoms with E-state index < -0.39 is 0 Å². The van der Waals surface area contributed by atoms with E-state index in [1.54, 1.807) is 6.07 Å². The Kier molecular flexibility index (Phi) is 13.6. The minimum Gasteiger partial charge on any atom is -0.491 e. The number of aromatic nitrogens is 1. The summed E-state index contributed by atoms with van der Waals surface area (Å²) in [5.74, 6) is 0.805. The van der Waals surface area contributed by atoms with Gasteiger partial charge in [0.25, 0.3) is 5.88 Å². The summed E-state index contributed by atoms with van der Waals surface area (Å²) in [4.78, 5) is 0. The first-order valence-electron chi connectivity index (χ1n) is 10.5. The van der Waals surface area contributed by atoms with E-state index in [4.69, 9.17) is 9.63 Å². The minimum atomic E-state index is 0.00138. The molecule has 1 aromatic rings. The molecule has 3 heteroatoms. The first-order chi connectivity index (χ1) is 11.8. The highest BCUT2D eigenvalue weighted by Crippen LogP contribution is 2.15. The molecule has 140 valence electrons. The Bertz CT molecular complexity index is 376. The first kappa shape index (κ1) is 21.1. The second-order valence-electron chi connectivity index (χ2n) is 7.20. The molecule has 1 heterocycles. The van der Waals surface area contributed by atoms with E-state index in [2.05, 4.69) is 12.1 Å². The Morgan fingerprint density at radius 1 is 0.708 bits per heavy atom. The Labute approximate surface area is 149 Å². The standard InChI is InChI=1S/C21H39NO2/c1-2-3-4-5-6-7-8-9-10-11-12-13-14-15-16-17-18-20-19-21(23)22-24-20/h19H,2-18H2,1H3,(H,22,23). The minimum absolute atomic E-state index is 0.00138. The number of aromatic hydroxyl groups is 1. The van der Waals surface area contributed by atoms with Crippen molar-refractivity contribution in [2.75, 3.05) is 0 Å². The van der Waals surface area contributed by atoms with Crippen LogP contribution in [0, 0.1) is 0 Å². The molecule has 24 heavy (non-hydrogen) atoms. The second kappa shape index (κ2) is 15.5. The van der Waals surface area contributed by atoms with Crippen LogP contribution in [0.3, 0.4) is 0 Å². The predicted molar refractivity (Wildman–Crippen MR) is 101 cm³/mol. The van der Waals surface area contributed by atoms with Crippen molar-refractivity contribution in [2.24, 2.45) is 0 Å². The predicted octanol–water partition coefficient (Wildman–Crippen LogP) is 7.18. The van der Waals surface area contributed by atoms with Crippen LogP contribution < -0.4 is 0 Å². The van der Waals surface area contributed by atoms with Gasteiger partial charge in [0.05, 0.1) is 0 Å². The third-order valence-corrected chi connectivity index (χ3v) is 4.82. The van der Waals surface area contributed by atoms with E-state index in [-0.39, 0.29) is 5.88 Å². The fourth-order valence-electron chi connectivity index (χ4n) is 3.27. The number of nitrogens with zero attached hydrogens (tertiary/aromatic N) is 1. The average molecular weight is 338 g/mol. The van der Waals surface area contributed by atoms with Gasteiger partial charge in [-0.25, -0.2) is 0 Å². The van der Waals surface area contributed by atoms with E-state index in [1.165, 1.54) is 96.3 Å². The van der Waals surface area contributed by atoms with Crippen LogP contribution in [0.4, 0.5) is 0 Å². The van der Waals surface area contributed by atoms with Crippen LogP contribution in [0.15, 0.2) is 10.6 Å². The smallest absolute Gasteiger partial charge is 0.251 e. The van der Waals surface area contributed by atoms with Crippen LogP contribution in [0.25, 0.3) is 0 Å². The average Bonchev–Trinajstić information content (AvgIpc) is 3.00. The maximum absolute atomic E-state index is 9.08. The molecule has 0 aliphatic carbocycles. The van der Waals surface area contributed by atoms with Gasteiger partial charge in [0.15, 0.2) is 0 Å². The summed E-state index contributed by atoms with van der Waals surface area (Å²) >= 11 is 0. The van der Waals surface area contributed by atoms with Crippen LogP contribution in [0.5, 0.6) is 5.88 Å². The van der Waals surface area contributed by atoms with Crippen LogP contribution in [0.2, 0.25) is 0 Å². The van der Waals surface area contributed by atoms with E-state index in [9.17, 15) is 0 Å². The summed E-state index contributed by atoms with van der Waals surface area (Å²) < 4.78 is 4.99. The topological polar surface area (TPSA) is 46.3 Å². The molecule has 0 bridgehead atoms. The summed E-state index contributed by atoms with van der Waals surface area (Å²) in [6.07, 6.45) is 23.1. The van der Waals surface area contributed by atoms with Gasteiger partial charge in [-0.3, -0.25) is 0 Å². The highest BCUT2D eigenvalue weighted by Gasteiger charge is 2.01. The number of rotatable bonds is 17.